The first-order chi connectivity index (χ1) is 18.5. The van der Waals surface area contributed by atoms with Crippen molar-refractivity contribution in [3.05, 3.63) is 89.9 Å². The van der Waals surface area contributed by atoms with Gasteiger partial charge in [-0.2, -0.15) is 14.4 Å². The van der Waals surface area contributed by atoms with Crippen molar-refractivity contribution in [1.29, 1.82) is 0 Å². The highest BCUT2D eigenvalue weighted by atomic mass is 19.1. The van der Waals surface area contributed by atoms with E-state index in [4.69, 9.17) is 23.7 Å². The average molecular weight is 521 g/mol. The van der Waals surface area contributed by atoms with Crippen molar-refractivity contribution >= 4 is 0 Å². The zero-order valence-corrected chi connectivity index (χ0v) is 22.4. The van der Waals surface area contributed by atoms with Gasteiger partial charge in [0.1, 0.15) is 0 Å². The number of ether oxygens (including phenoxy) is 5. The molecule has 0 unspecified atom stereocenters. The average Bonchev–Trinajstić information content (AvgIpc) is 2.94. The Morgan fingerprint density at radius 1 is 0.605 bits per heavy atom. The minimum Gasteiger partial charge on any atom is -0.493 e. The van der Waals surface area contributed by atoms with Gasteiger partial charge in [0.25, 0.3) is 0 Å². The Morgan fingerprint density at radius 3 is 1.58 bits per heavy atom. The van der Waals surface area contributed by atoms with Gasteiger partial charge in [-0.05, 0) is 61.2 Å². The van der Waals surface area contributed by atoms with Crippen LogP contribution in [0.5, 0.6) is 40.6 Å². The largest absolute Gasteiger partial charge is 0.493 e. The molecule has 4 rings (SSSR count). The SMILES string of the molecule is CCOc1cccc(Oc2ccc(CC)cc2OC)n1.CCc1ccc(Oc2cccc(F)n2)c(OC)c1. The summed E-state index contributed by atoms with van der Waals surface area (Å²) in [5.41, 5.74) is 2.34. The van der Waals surface area contributed by atoms with Crippen LogP contribution in [0.3, 0.4) is 0 Å². The van der Waals surface area contributed by atoms with E-state index in [1.165, 1.54) is 11.6 Å². The summed E-state index contributed by atoms with van der Waals surface area (Å²) in [6, 6.07) is 21.4. The van der Waals surface area contributed by atoms with Crippen LogP contribution in [0.1, 0.15) is 31.9 Å². The second-order valence-corrected chi connectivity index (χ2v) is 7.93. The van der Waals surface area contributed by atoms with Crippen LogP contribution in [0, 0.1) is 5.95 Å². The van der Waals surface area contributed by atoms with Gasteiger partial charge in [-0.1, -0.05) is 38.1 Å². The fraction of sp³-hybridized carbons (Fsp3) is 0.267. The molecule has 2 heterocycles. The summed E-state index contributed by atoms with van der Waals surface area (Å²) < 4.78 is 40.2. The van der Waals surface area contributed by atoms with Crippen LogP contribution < -0.4 is 23.7 Å². The Hall–Kier alpha value is -4.33. The Bertz CT molecular complexity index is 1320. The standard InChI is InChI=1S/C16H19NO3.C14H14FNO2/c1-4-12-9-10-13(14(11-12)18-3)20-16-8-6-7-15(17-16)19-5-2;1-3-10-7-8-11(12(9-10)17-2)18-14-6-4-5-13(15)16-14/h6-11H,4-5H2,1-3H3;4-9H,3H2,1-2H3. The summed E-state index contributed by atoms with van der Waals surface area (Å²) in [5.74, 6) is 3.15. The van der Waals surface area contributed by atoms with Crippen LogP contribution in [-0.4, -0.2) is 30.8 Å². The van der Waals surface area contributed by atoms with Crippen LogP contribution >= 0.6 is 0 Å². The van der Waals surface area contributed by atoms with Crippen molar-refractivity contribution in [3.63, 3.8) is 0 Å². The van der Waals surface area contributed by atoms with Crippen LogP contribution in [0.15, 0.2) is 72.8 Å². The van der Waals surface area contributed by atoms with Crippen molar-refractivity contribution in [1.82, 2.24) is 9.97 Å². The molecule has 0 spiro atoms. The number of benzene rings is 2. The number of aromatic nitrogens is 2. The molecule has 2 aromatic heterocycles. The Morgan fingerprint density at radius 2 is 1.11 bits per heavy atom. The van der Waals surface area contributed by atoms with Gasteiger partial charge < -0.3 is 23.7 Å². The number of halogens is 1. The quantitative estimate of drug-likeness (QED) is 0.201. The number of aryl methyl sites for hydroxylation is 2. The van der Waals surface area contributed by atoms with E-state index < -0.39 is 5.95 Å². The number of nitrogens with zero attached hydrogens (tertiary/aromatic N) is 2. The molecule has 0 bridgehead atoms. The fourth-order valence-electron chi connectivity index (χ4n) is 3.39. The van der Waals surface area contributed by atoms with E-state index in [0.717, 1.165) is 18.4 Å². The second-order valence-electron chi connectivity index (χ2n) is 7.93. The fourth-order valence-corrected chi connectivity index (χ4v) is 3.39. The monoisotopic (exact) mass is 520 g/mol. The number of hydrogen-bond donors (Lipinski definition) is 0. The molecule has 0 saturated heterocycles. The molecule has 200 valence electrons. The van der Waals surface area contributed by atoms with Gasteiger partial charge in [0.2, 0.25) is 23.6 Å². The van der Waals surface area contributed by atoms with E-state index in [2.05, 4.69) is 23.8 Å². The summed E-state index contributed by atoms with van der Waals surface area (Å²) in [5, 5.41) is 0. The number of hydrogen-bond acceptors (Lipinski definition) is 7. The lowest BCUT2D eigenvalue weighted by atomic mass is 10.1. The molecule has 0 fully saturated rings. The lowest BCUT2D eigenvalue weighted by Gasteiger charge is -2.11. The van der Waals surface area contributed by atoms with Gasteiger partial charge in [-0.3, -0.25) is 0 Å². The van der Waals surface area contributed by atoms with Crippen molar-refractivity contribution in [2.75, 3.05) is 20.8 Å². The van der Waals surface area contributed by atoms with E-state index in [1.54, 1.807) is 44.6 Å². The topological polar surface area (TPSA) is 71.9 Å². The third kappa shape index (κ3) is 8.09. The molecule has 8 heteroatoms. The normalized spacial score (nSPS) is 10.2. The number of rotatable bonds is 10. The van der Waals surface area contributed by atoms with Crippen molar-refractivity contribution in [2.24, 2.45) is 0 Å². The minimum atomic E-state index is -0.573. The molecule has 0 saturated carbocycles. The maximum absolute atomic E-state index is 12.9. The van der Waals surface area contributed by atoms with Crippen LogP contribution in [-0.2, 0) is 12.8 Å². The lowest BCUT2D eigenvalue weighted by Crippen LogP contribution is -1.97. The highest BCUT2D eigenvalue weighted by molar-refractivity contribution is 5.45. The second kappa shape index (κ2) is 14.4. The number of pyridine rings is 2. The van der Waals surface area contributed by atoms with Crippen LogP contribution in [0.2, 0.25) is 0 Å². The Balaban J connectivity index is 0.000000212. The molecule has 0 radical (unpaired) electrons. The van der Waals surface area contributed by atoms with Gasteiger partial charge in [-0.25, -0.2) is 0 Å². The molecule has 2 aromatic carbocycles. The van der Waals surface area contributed by atoms with E-state index in [0.29, 0.717) is 41.4 Å². The minimum absolute atomic E-state index is 0.206. The first-order valence-corrected chi connectivity index (χ1v) is 12.4. The van der Waals surface area contributed by atoms with Gasteiger partial charge in [-0.15, -0.1) is 0 Å². The first-order valence-electron chi connectivity index (χ1n) is 12.4. The molecule has 38 heavy (non-hydrogen) atoms. The zero-order chi connectivity index (χ0) is 27.3. The van der Waals surface area contributed by atoms with E-state index >= 15 is 0 Å². The first kappa shape index (κ1) is 28.2. The highest BCUT2D eigenvalue weighted by Crippen LogP contribution is 2.33. The molecule has 0 aliphatic heterocycles. The summed E-state index contributed by atoms with van der Waals surface area (Å²) in [6.45, 7) is 6.65. The molecule has 0 aliphatic carbocycles. The third-order valence-corrected chi connectivity index (χ3v) is 5.38. The summed E-state index contributed by atoms with van der Waals surface area (Å²) in [6.07, 6.45) is 1.86. The van der Waals surface area contributed by atoms with Gasteiger partial charge in [0.05, 0.1) is 20.8 Å². The zero-order valence-electron chi connectivity index (χ0n) is 22.4. The van der Waals surface area contributed by atoms with Crippen molar-refractivity contribution in [3.8, 4) is 40.6 Å². The van der Waals surface area contributed by atoms with Gasteiger partial charge in [0, 0.05) is 18.2 Å². The summed E-state index contributed by atoms with van der Waals surface area (Å²) in [4.78, 5) is 7.92. The molecule has 4 aromatic rings. The predicted octanol–water partition coefficient (Wildman–Crippen LogP) is 7.43. The third-order valence-electron chi connectivity index (χ3n) is 5.38. The molecule has 0 atom stereocenters. The molecule has 7 nitrogen and oxygen atoms in total. The Kier molecular flexibility index (Phi) is 10.7. The summed E-state index contributed by atoms with van der Waals surface area (Å²) in [7, 11) is 3.20. The maximum Gasteiger partial charge on any atom is 0.222 e. The Labute approximate surface area is 223 Å². The lowest BCUT2D eigenvalue weighted by molar-refractivity contribution is 0.319. The maximum atomic E-state index is 12.9. The van der Waals surface area contributed by atoms with Gasteiger partial charge >= 0.3 is 0 Å². The van der Waals surface area contributed by atoms with E-state index in [-0.39, 0.29) is 5.88 Å². The van der Waals surface area contributed by atoms with Crippen LogP contribution in [0.25, 0.3) is 0 Å². The van der Waals surface area contributed by atoms with Crippen LogP contribution in [0.4, 0.5) is 4.39 Å². The molecular weight excluding hydrogens is 487 g/mol. The molecular formula is C30H33FN2O5. The predicted molar refractivity (Wildman–Crippen MR) is 144 cm³/mol. The van der Waals surface area contributed by atoms with Crippen molar-refractivity contribution in [2.45, 2.75) is 33.6 Å². The number of methoxy groups -OCH3 is 2. The van der Waals surface area contributed by atoms with E-state index in [9.17, 15) is 4.39 Å². The van der Waals surface area contributed by atoms with Gasteiger partial charge in [0.15, 0.2) is 23.0 Å². The van der Waals surface area contributed by atoms with E-state index in [1.807, 2.05) is 43.3 Å². The molecule has 0 N–H and O–H groups in total. The highest BCUT2D eigenvalue weighted by Gasteiger charge is 2.09. The molecule has 0 amide bonds. The smallest absolute Gasteiger partial charge is 0.222 e. The molecule has 0 aliphatic rings. The summed E-state index contributed by atoms with van der Waals surface area (Å²) >= 11 is 0. The van der Waals surface area contributed by atoms with Crippen molar-refractivity contribution < 1.29 is 28.1 Å².